The third-order valence-corrected chi connectivity index (χ3v) is 4.90. The molecule has 1 aliphatic heterocycles. The molecule has 154 valence electrons. The zero-order valence-electron chi connectivity index (χ0n) is 17.1. The minimum Gasteiger partial charge on any atom is -0.496 e. The van der Waals surface area contributed by atoms with Crippen LogP contribution in [-0.2, 0) is 17.8 Å². The number of hydrogen-bond donors (Lipinski definition) is 3. The van der Waals surface area contributed by atoms with E-state index in [1.54, 1.807) is 14.2 Å². The number of amides is 1. The summed E-state index contributed by atoms with van der Waals surface area (Å²) in [5.74, 6) is 1.74. The number of para-hydroxylation sites is 1. The maximum atomic E-state index is 11.5. The number of hydrogen-bond acceptors (Lipinski definition) is 4. The number of ether oxygens (including phenoxy) is 1. The zero-order valence-corrected chi connectivity index (χ0v) is 17.1. The lowest BCUT2D eigenvalue weighted by Gasteiger charge is -2.28. The highest BCUT2D eigenvalue weighted by molar-refractivity contribution is 5.82. The van der Waals surface area contributed by atoms with Crippen molar-refractivity contribution in [1.29, 1.82) is 0 Å². The first-order chi connectivity index (χ1) is 14.2. The van der Waals surface area contributed by atoms with E-state index in [4.69, 9.17) is 4.74 Å². The first-order valence-corrected chi connectivity index (χ1v) is 9.86. The highest BCUT2D eigenvalue weighted by Crippen LogP contribution is 2.17. The number of nitrogens with zero attached hydrogens (tertiary/aromatic N) is 2. The largest absolute Gasteiger partial charge is 0.496 e. The molecular formula is C22H29N5O2. The van der Waals surface area contributed by atoms with Gasteiger partial charge in [0.05, 0.1) is 13.7 Å². The van der Waals surface area contributed by atoms with Crippen molar-refractivity contribution in [3.63, 3.8) is 0 Å². The molecule has 1 amide bonds. The Morgan fingerprint density at radius 3 is 2.69 bits per heavy atom. The number of nitrogens with one attached hydrogen (secondary N) is 3. The van der Waals surface area contributed by atoms with E-state index in [2.05, 4.69) is 56.2 Å². The second-order valence-electron chi connectivity index (χ2n) is 6.85. The van der Waals surface area contributed by atoms with Gasteiger partial charge in [0.2, 0.25) is 5.91 Å². The second-order valence-corrected chi connectivity index (χ2v) is 6.85. The molecule has 1 heterocycles. The third-order valence-electron chi connectivity index (χ3n) is 4.90. The van der Waals surface area contributed by atoms with E-state index >= 15 is 0 Å². The molecule has 3 rings (SSSR count). The molecule has 1 fully saturated rings. The van der Waals surface area contributed by atoms with Gasteiger partial charge in [-0.2, -0.15) is 0 Å². The van der Waals surface area contributed by atoms with E-state index in [9.17, 15) is 4.79 Å². The lowest BCUT2D eigenvalue weighted by molar-refractivity contribution is -0.120. The number of methoxy groups -OCH3 is 1. The average Bonchev–Trinajstić information content (AvgIpc) is 2.76. The van der Waals surface area contributed by atoms with E-state index < -0.39 is 0 Å². The van der Waals surface area contributed by atoms with Gasteiger partial charge in [0, 0.05) is 38.9 Å². The molecule has 0 spiro atoms. The van der Waals surface area contributed by atoms with Crippen LogP contribution in [0.1, 0.15) is 11.1 Å². The topological polar surface area (TPSA) is 78.0 Å². The van der Waals surface area contributed by atoms with Crippen LogP contribution in [0.25, 0.3) is 0 Å². The molecule has 2 aromatic rings. The molecule has 0 atom stereocenters. The molecule has 3 N–H and O–H groups in total. The van der Waals surface area contributed by atoms with Gasteiger partial charge in [-0.25, -0.2) is 0 Å². The van der Waals surface area contributed by atoms with Gasteiger partial charge in [-0.1, -0.05) is 30.3 Å². The fourth-order valence-electron chi connectivity index (χ4n) is 3.32. The van der Waals surface area contributed by atoms with Gasteiger partial charge in [-0.05, 0) is 35.7 Å². The Kier molecular flexibility index (Phi) is 7.33. The lowest BCUT2D eigenvalue weighted by Crippen LogP contribution is -2.47. The number of aliphatic imine (C=N–C) groups is 1. The van der Waals surface area contributed by atoms with E-state index in [-0.39, 0.29) is 5.91 Å². The predicted molar refractivity (Wildman–Crippen MR) is 117 cm³/mol. The Hall–Kier alpha value is -3.22. The molecule has 0 aliphatic carbocycles. The van der Waals surface area contributed by atoms with Crippen LogP contribution in [-0.4, -0.2) is 52.2 Å². The summed E-state index contributed by atoms with van der Waals surface area (Å²) < 4.78 is 5.39. The van der Waals surface area contributed by atoms with Gasteiger partial charge >= 0.3 is 0 Å². The molecule has 0 bridgehead atoms. The maximum Gasteiger partial charge on any atom is 0.239 e. The Balaban J connectivity index is 1.46. The van der Waals surface area contributed by atoms with Gasteiger partial charge in [0.1, 0.15) is 5.75 Å². The third kappa shape index (κ3) is 5.88. The number of carbonyl (C=O) groups excluding carboxylic acids is 1. The highest BCUT2D eigenvalue weighted by atomic mass is 16.5. The van der Waals surface area contributed by atoms with Gasteiger partial charge in [0.15, 0.2) is 5.96 Å². The number of guanidine groups is 1. The fourth-order valence-corrected chi connectivity index (χ4v) is 3.32. The fraction of sp³-hybridized carbons (Fsp3) is 0.364. The van der Waals surface area contributed by atoms with Crippen molar-refractivity contribution in [3.8, 4) is 5.75 Å². The standard InChI is InChI=1S/C22H29N5O2/c1-23-22(25-12-11-18-5-3-4-6-20(18)29-2)26-15-17-7-9-19(10-8-17)27-14-13-24-21(28)16-27/h3-10H,11-16H2,1-2H3,(H,24,28)(H2,23,25,26). The van der Waals surface area contributed by atoms with Crippen LogP contribution in [0, 0.1) is 0 Å². The molecule has 29 heavy (non-hydrogen) atoms. The first-order valence-electron chi connectivity index (χ1n) is 9.86. The summed E-state index contributed by atoms with van der Waals surface area (Å²) in [6, 6.07) is 16.3. The smallest absolute Gasteiger partial charge is 0.239 e. The molecule has 1 aliphatic rings. The van der Waals surface area contributed by atoms with Gasteiger partial charge < -0.3 is 25.6 Å². The first kappa shape index (κ1) is 20.5. The van der Waals surface area contributed by atoms with Crippen LogP contribution >= 0.6 is 0 Å². The van der Waals surface area contributed by atoms with Crippen LogP contribution in [0.2, 0.25) is 0 Å². The van der Waals surface area contributed by atoms with Gasteiger partial charge in [0.25, 0.3) is 0 Å². The van der Waals surface area contributed by atoms with Crippen molar-refractivity contribution in [3.05, 3.63) is 59.7 Å². The quantitative estimate of drug-likeness (QED) is 0.490. The van der Waals surface area contributed by atoms with Crippen LogP contribution in [0.5, 0.6) is 5.75 Å². The number of carbonyl (C=O) groups is 1. The van der Waals surface area contributed by atoms with E-state index in [0.717, 1.165) is 42.5 Å². The van der Waals surface area contributed by atoms with Gasteiger partial charge in [-0.15, -0.1) is 0 Å². The molecule has 7 heteroatoms. The number of piperazine rings is 1. The van der Waals surface area contributed by atoms with E-state index in [0.29, 0.717) is 19.6 Å². The number of rotatable bonds is 7. The van der Waals surface area contributed by atoms with Crippen molar-refractivity contribution >= 4 is 17.6 Å². The molecule has 0 unspecified atom stereocenters. The van der Waals surface area contributed by atoms with Crippen molar-refractivity contribution in [1.82, 2.24) is 16.0 Å². The summed E-state index contributed by atoms with van der Waals surface area (Å²) in [5.41, 5.74) is 3.39. The summed E-state index contributed by atoms with van der Waals surface area (Å²) in [5, 5.41) is 9.52. The Labute approximate surface area is 172 Å². The van der Waals surface area contributed by atoms with Crippen molar-refractivity contribution in [2.75, 3.05) is 45.2 Å². The molecule has 1 saturated heterocycles. The van der Waals surface area contributed by atoms with Crippen LogP contribution in [0.3, 0.4) is 0 Å². The predicted octanol–water partition coefficient (Wildman–Crippen LogP) is 1.54. The minimum atomic E-state index is 0.0741. The lowest BCUT2D eigenvalue weighted by atomic mass is 10.1. The van der Waals surface area contributed by atoms with Crippen LogP contribution in [0.4, 0.5) is 5.69 Å². The van der Waals surface area contributed by atoms with Crippen molar-refractivity contribution in [2.24, 2.45) is 4.99 Å². The van der Waals surface area contributed by atoms with Crippen LogP contribution in [0.15, 0.2) is 53.5 Å². The molecule has 0 aromatic heterocycles. The molecule has 7 nitrogen and oxygen atoms in total. The zero-order chi connectivity index (χ0) is 20.5. The Morgan fingerprint density at radius 1 is 1.17 bits per heavy atom. The molecule has 0 saturated carbocycles. The summed E-state index contributed by atoms with van der Waals surface area (Å²) in [6.07, 6.45) is 0.850. The average molecular weight is 396 g/mol. The maximum absolute atomic E-state index is 11.5. The number of anilines is 1. The summed E-state index contributed by atoms with van der Waals surface area (Å²) in [7, 11) is 3.46. The SMILES string of the molecule is CN=C(NCCc1ccccc1OC)NCc1ccc(N2CCNC(=O)C2)cc1. The minimum absolute atomic E-state index is 0.0741. The Bertz CT molecular complexity index is 835. The summed E-state index contributed by atoms with van der Waals surface area (Å²) in [4.78, 5) is 17.9. The van der Waals surface area contributed by atoms with Crippen LogP contribution < -0.4 is 25.6 Å². The molecular weight excluding hydrogens is 366 g/mol. The van der Waals surface area contributed by atoms with Crippen molar-refractivity contribution in [2.45, 2.75) is 13.0 Å². The monoisotopic (exact) mass is 395 g/mol. The second kappa shape index (κ2) is 10.4. The van der Waals surface area contributed by atoms with Crippen molar-refractivity contribution < 1.29 is 9.53 Å². The normalized spacial score (nSPS) is 14.3. The number of benzene rings is 2. The van der Waals surface area contributed by atoms with Gasteiger partial charge in [-0.3, -0.25) is 9.79 Å². The summed E-state index contributed by atoms with van der Waals surface area (Å²) >= 11 is 0. The van der Waals surface area contributed by atoms with E-state index in [1.165, 1.54) is 5.56 Å². The van der Waals surface area contributed by atoms with E-state index in [1.807, 2.05) is 18.2 Å². The summed E-state index contributed by atoms with van der Waals surface area (Å²) in [6.45, 7) is 3.39. The highest BCUT2D eigenvalue weighted by Gasteiger charge is 2.16. The molecule has 0 radical (unpaired) electrons. The Morgan fingerprint density at radius 2 is 1.97 bits per heavy atom. The molecule has 2 aromatic carbocycles.